The van der Waals surface area contributed by atoms with Gasteiger partial charge in [-0.3, -0.25) is 0 Å². The number of aliphatic hydroxyl groups excluding tert-OH is 1. The van der Waals surface area contributed by atoms with Gasteiger partial charge in [0.15, 0.2) is 0 Å². The van der Waals surface area contributed by atoms with Crippen molar-refractivity contribution in [3.8, 4) is 0 Å². The molecule has 0 aromatic rings. The Kier molecular flexibility index (Phi) is 9.62. The fourth-order valence-corrected chi connectivity index (χ4v) is 3.73. The largest absolute Gasteiger partial charge is 0.392 e. The van der Waals surface area contributed by atoms with Gasteiger partial charge in [0.1, 0.15) is 0 Å². The topological polar surface area (TPSA) is 55.5 Å². The predicted molar refractivity (Wildman–Crippen MR) is 93.9 cm³/mol. The zero-order valence-corrected chi connectivity index (χ0v) is 15.2. The van der Waals surface area contributed by atoms with Crippen LogP contribution in [0.1, 0.15) is 85.0 Å². The molecule has 22 heavy (non-hydrogen) atoms. The molecule has 1 aliphatic rings. The van der Waals surface area contributed by atoms with Crippen molar-refractivity contribution in [2.75, 3.05) is 13.2 Å². The second-order valence-corrected chi connectivity index (χ2v) is 7.97. The molecule has 0 aromatic heterocycles. The van der Waals surface area contributed by atoms with Crippen LogP contribution in [0.3, 0.4) is 0 Å². The van der Waals surface area contributed by atoms with Gasteiger partial charge in [-0.15, -0.1) is 0 Å². The van der Waals surface area contributed by atoms with Gasteiger partial charge >= 0.3 is 0 Å². The molecule has 3 atom stereocenters. The zero-order chi connectivity index (χ0) is 16.4. The fourth-order valence-electron chi connectivity index (χ4n) is 3.73. The SMILES string of the molecule is CCCCCCCCO[C@@H]1CCC(C)(C)C[C@H]1CC(O)CN. The van der Waals surface area contributed by atoms with Crippen molar-refractivity contribution in [1.82, 2.24) is 0 Å². The summed E-state index contributed by atoms with van der Waals surface area (Å²) in [6, 6.07) is 0. The van der Waals surface area contributed by atoms with E-state index in [1.165, 1.54) is 44.9 Å². The van der Waals surface area contributed by atoms with Gasteiger partial charge in [-0.25, -0.2) is 0 Å². The van der Waals surface area contributed by atoms with E-state index in [9.17, 15) is 5.11 Å². The lowest BCUT2D eigenvalue weighted by Gasteiger charge is -2.41. The Morgan fingerprint density at radius 1 is 1.18 bits per heavy atom. The van der Waals surface area contributed by atoms with Crippen molar-refractivity contribution in [3.05, 3.63) is 0 Å². The first kappa shape index (κ1) is 19.9. The average Bonchev–Trinajstić information content (AvgIpc) is 2.47. The minimum absolute atomic E-state index is 0.324. The van der Waals surface area contributed by atoms with E-state index < -0.39 is 0 Å². The van der Waals surface area contributed by atoms with Crippen LogP contribution in [0.5, 0.6) is 0 Å². The van der Waals surface area contributed by atoms with Crippen LogP contribution in [0.2, 0.25) is 0 Å². The van der Waals surface area contributed by atoms with Crippen molar-refractivity contribution < 1.29 is 9.84 Å². The Balaban J connectivity index is 2.29. The molecule has 0 bridgehead atoms. The third-order valence-corrected chi connectivity index (χ3v) is 5.12. The summed E-state index contributed by atoms with van der Waals surface area (Å²) in [6.45, 7) is 8.16. The van der Waals surface area contributed by atoms with Crippen LogP contribution in [-0.2, 0) is 4.74 Å². The Labute approximate surface area is 138 Å². The van der Waals surface area contributed by atoms with Crippen LogP contribution in [0.4, 0.5) is 0 Å². The summed E-state index contributed by atoms with van der Waals surface area (Å²) in [5.74, 6) is 0.461. The molecule has 0 spiro atoms. The average molecular weight is 314 g/mol. The van der Waals surface area contributed by atoms with Crippen LogP contribution in [0, 0.1) is 11.3 Å². The maximum atomic E-state index is 9.91. The molecule has 0 saturated heterocycles. The molecule has 1 saturated carbocycles. The Morgan fingerprint density at radius 2 is 1.86 bits per heavy atom. The zero-order valence-electron chi connectivity index (χ0n) is 15.2. The molecule has 1 unspecified atom stereocenters. The lowest BCUT2D eigenvalue weighted by molar-refractivity contribution is -0.0528. The molecule has 3 heteroatoms. The maximum absolute atomic E-state index is 9.91. The second kappa shape index (κ2) is 10.6. The maximum Gasteiger partial charge on any atom is 0.0666 e. The van der Waals surface area contributed by atoms with E-state index in [1.54, 1.807) is 0 Å². The summed E-state index contributed by atoms with van der Waals surface area (Å²) < 4.78 is 6.19. The summed E-state index contributed by atoms with van der Waals surface area (Å²) in [4.78, 5) is 0. The molecule has 3 nitrogen and oxygen atoms in total. The molecule has 0 radical (unpaired) electrons. The molecule has 3 N–H and O–H groups in total. The van der Waals surface area contributed by atoms with Crippen LogP contribution >= 0.6 is 0 Å². The van der Waals surface area contributed by atoms with Gasteiger partial charge in [0.2, 0.25) is 0 Å². The molecule has 1 aliphatic carbocycles. The van der Waals surface area contributed by atoms with Crippen molar-refractivity contribution in [2.45, 2.75) is 97.2 Å². The third-order valence-electron chi connectivity index (χ3n) is 5.12. The molecule has 0 heterocycles. The van der Waals surface area contributed by atoms with Gasteiger partial charge in [-0.1, -0.05) is 52.9 Å². The van der Waals surface area contributed by atoms with Gasteiger partial charge < -0.3 is 15.6 Å². The van der Waals surface area contributed by atoms with Crippen molar-refractivity contribution in [1.29, 1.82) is 0 Å². The number of aliphatic hydroxyl groups is 1. The van der Waals surface area contributed by atoms with Gasteiger partial charge in [-0.2, -0.15) is 0 Å². The smallest absolute Gasteiger partial charge is 0.0666 e. The second-order valence-electron chi connectivity index (χ2n) is 7.97. The molecule has 132 valence electrons. The van der Waals surface area contributed by atoms with Crippen LogP contribution in [0.15, 0.2) is 0 Å². The normalized spacial score (nSPS) is 26.0. The highest BCUT2D eigenvalue weighted by molar-refractivity contribution is 4.87. The quantitative estimate of drug-likeness (QED) is 0.560. The monoisotopic (exact) mass is 313 g/mol. The predicted octanol–water partition coefficient (Wildman–Crippen LogP) is 4.27. The molecular weight excluding hydrogens is 274 g/mol. The summed E-state index contributed by atoms with van der Waals surface area (Å²) in [5.41, 5.74) is 5.97. The highest BCUT2D eigenvalue weighted by atomic mass is 16.5. The van der Waals surface area contributed by atoms with Crippen molar-refractivity contribution in [3.63, 3.8) is 0 Å². The first-order valence-corrected chi connectivity index (χ1v) is 9.48. The van der Waals surface area contributed by atoms with Crippen molar-refractivity contribution >= 4 is 0 Å². The third kappa shape index (κ3) is 7.94. The number of unbranched alkanes of at least 4 members (excludes halogenated alkanes) is 5. The lowest BCUT2D eigenvalue weighted by atomic mass is 9.69. The fraction of sp³-hybridized carbons (Fsp3) is 1.00. The molecule has 0 aliphatic heterocycles. The Hall–Kier alpha value is -0.120. The van der Waals surface area contributed by atoms with Gasteiger partial charge in [0, 0.05) is 13.2 Å². The summed E-state index contributed by atoms with van der Waals surface area (Å²) in [5, 5.41) is 9.91. The molecule has 1 fully saturated rings. The first-order chi connectivity index (χ1) is 10.5. The van der Waals surface area contributed by atoms with Gasteiger partial charge in [-0.05, 0) is 43.4 Å². The van der Waals surface area contributed by atoms with Crippen molar-refractivity contribution in [2.24, 2.45) is 17.1 Å². The highest BCUT2D eigenvalue weighted by Gasteiger charge is 2.36. The van der Waals surface area contributed by atoms with E-state index in [2.05, 4.69) is 20.8 Å². The van der Waals surface area contributed by atoms with Crippen LogP contribution < -0.4 is 5.73 Å². The standard InChI is InChI=1S/C19H39NO2/c1-4-5-6-7-8-9-12-22-18-10-11-19(2,3)14-16(18)13-17(21)15-20/h16-18,21H,4-15,20H2,1-3H3/t16-,17?,18-/m1/s1. The molecule has 0 aromatic carbocycles. The van der Waals surface area contributed by atoms with E-state index in [1.807, 2.05) is 0 Å². The summed E-state index contributed by atoms with van der Waals surface area (Å²) >= 11 is 0. The summed E-state index contributed by atoms with van der Waals surface area (Å²) in [6.07, 6.45) is 12.1. The van der Waals surface area contributed by atoms with E-state index in [0.29, 0.717) is 24.0 Å². The molecular formula is C19H39NO2. The minimum atomic E-state index is -0.376. The van der Waals surface area contributed by atoms with Gasteiger partial charge in [0.25, 0.3) is 0 Å². The van der Waals surface area contributed by atoms with Crippen LogP contribution in [-0.4, -0.2) is 30.5 Å². The number of hydrogen-bond donors (Lipinski definition) is 2. The van der Waals surface area contributed by atoms with E-state index in [4.69, 9.17) is 10.5 Å². The Morgan fingerprint density at radius 3 is 2.55 bits per heavy atom. The number of rotatable bonds is 11. The number of nitrogens with two attached hydrogens (primary N) is 1. The minimum Gasteiger partial charge on any atom is -0.392 e. The highest BCUT2D eigenvalue weighted by Crippen LogP contribution is 2.41. The molecule has 0 amide bonds. The van der Waals surface area contributed by atoms with Gasteiger partial charge in [0.05, 0.1) is 12.2 Å². The number of ether oxygens (including phenoxy) is 1. The number of hydrogen-bond acceptors (Lipinski definition) is 3. The van der Waals surface area contributed by atoms with E-state index in [0.717, 1.165) is 25.9 Å². The van der Waals surface area contributed by atoms with E-state index >= 15 is 0 Å². The lowest BCUT2D eigenvalue weighted by Crippen LogP contribution is -2.38. The van der Waals surface area contributed by atoms with E-state index in [-0.39, 0.29) is 6.10 Å². The van der Waals surface area contributed by atoms with Crippen LogP contribution in [0.25, 0.3) is 0 Å². The summed E-state index contributed by atoms with van der Waals surface area (Å²) in [7, 11) is 0. The molecule has 1 rings (SSSR count). The Bertz CT molecular complexity index is 281. The first-order valence-electron chi connectivity index (χ1n) is 9.48.